The molecule has 0 unspecified atom stereocenters. The van der Waals surface area contributed by atoms with Crippen LogP contribution < -0.4 is 4.74 Å². The molecule has 34 heavy (non-hydrogen) atoms. The Bertz CT molecular complexity index is 1210. The quantitative estimate of drug-likeness (QED) is 0.530. The first-order valence-corrected chi connectivity index (χ1v) is 11.0. The van der Waals surface area contributed by atoms with Gasteiger partial charge < -0.3 is 14.7 Å². The maximum absolute atomic E-state index is 14.1. The zero-order valence-electron chi connectivity index (χ0n) is 18.8. The molecule has 1 amide bonds. The number of halogens is 2. The van der Waals surface area contributed by atoms with E-state index in [1.807, 2.05) is 13.0 Å². The maximum atomic E-state index is 14.1. The number of hydrogen-bond donors (Lipinski definition) is 1. The van der Waals surface area contributed by atoms with Crippen LogP contribution in [0.25, 0.3) is 0 Å². The van der Waals surface area contributed by atoms with Crippen molar-refractivity contribution in [1.29, 1.82) is 0 Å². The fourth-order valence-electron chi connectivity index (χ4n) is 4.32. The van der Waals surface area contributed by atoms with Gasteiger partial charge in [-0.05, 0) is 53.4 Å². The predicted octanol–water partition coefficient (Wildman–Crippen LogP) is 4.56. The summed E-state index contributed by atoms with van der Waals surface area (Å²) in [6, 6.07) is 17.7. The molecule has 0 fully saturated rings. The summed E-state index contributed by atoms with van der Waals surface area (Å²) < 4.78 is 33.4. The van der Waals surface area contributed by atoms with Crippen molar-refractivity contribution in [2.75, 3.05) is 6.54 Å². The summed E-state index contributed by atoms with van der Waals surface area (Å²) in [5.74, 6) is -1.44. The number of aliphatic carboxylic acids is 1. The van der Waals surface area contributed by atoms with E-state index in [0.717, 1.165) is 11.1 Å². The van der Waals surface area contributed by atoms with Gasteiger partial charge in [0.2, 0.25) is 5.91 Å². The van der Waals surface area contributed by atoms with Crippen molar-refractivity contribution in [3.8, 4) is 5.75 Å². The predicted molar refractivity (Wildman–Crippen MR) is 122 cm³/mol. The van der Waals surface area contributed by atoms with Crippen molar-refractivity contribution in [3.63, 3.8) is 0 Å². The van der Waals surface area contributed by atoms with Gasteiger partial charge in [-0.15, -0.1) is 0 Å². The van der Waals surface area contributed by atoms with Gasteiger partial charge in [-0.25, -0.2) is 8.78 Å². The zero-order chi connectivity index (χ0) is 24.3. The van der Waals surface area contributed by atoms with Crippen molar-refractivity contribution in [1.82, 2.24) is 4.90 Å². The third-order valence-corrected chi connectivity index (χ3v) is 5.89. The standard InChI is InChI=1S/C27H25F2NO4/c1-27(14-20-4-2-3-5-23(20)29)15-21-12-19(8-11-24(21)34-27)13-25(31)30(17-26(32)33)16-18-6-9-22(28)10-7-18/h2-12H,13-17H2,1H3,(H,32,33)/t27-/m1/s1. The van der Waals surface area contributed by atoms with E-state index in [1.54, 1.807) is 30.3 Å². The molecular weight excluding hydrogens is 440 g/mol. The summed E-state index contributed by atoms with van der Waals surface area (Å²) >= 11 is 0. The number of carboxylic acids is 1. The molecule has 0 bridgehead atoms. The summed E-state index contributed by atoms with van der Waals surface area (Å²) in [4.78, 5) is 25.5. The fourth-order valence-corrected chi connectivity index (χ4v) is 4.32. The molecule has 0 aromatic heterocycles. The third-order valence-electron chi connectivity index (χ3n) is 5.89. The van der Waals surface area contributed by atoms with E-state index < -0.39 is 23.9 Å². The van der Waals surface area contributed by atoms with Crippen molar-refractivity contribution < 1.29 is 28.2 Å². The van der Waals surface area contributed by atoms with Crippen molar-refractivity contribution in [2.24, 2.45) is 0 Å². The molecule has 176 valence electrons. The van der Waals surface area contributed by atoms with E-state index >= 15 is 0 Å². The molecule has 1 heterocycles. The molecule has 1 aliphatic rings. The lowest BCUT2D eigenvalue weighted by molar-refractivity contribution is -0.144. The topological polar surface area (TPSA) is 66.8 Å². The lowest BCUT2D eigenvalue weighted by atomic mass is 9.91. The SMILES string of the molecule is C[C@@]1(Cc2ccccc2F)Cc2cc(CC(=O)N(CC(=O)O)Cc3ccc(F)cc3)ccc2O1. The lowest BCUT2D eigenvalue weighted by Gasteiger charge is -2.24. The van der Waals surface area contributed by atoms with Gasteiger partial charge in [0, 0.05) is 19.4 Å². The fraction of sp³-hybridized carbons (Fsp3) is 0.259. The Morgan fingerprint density at radius 2 is 1.74 bits per heavy atom. The smallest absolute Gasteiger partial charge is 0.323 e. The van der Waals surface area contributed by atoms with Gasteiger partial charge in [0.15, 0.2) is 0 Å². The third kappa shape index (κ3) is 5.60. The summed E-state index contributed by atoms with van der Waals surface area (Å²) in [5.41, 5.74) is 2.27. The van der Waals surface area contributed by atoms with E-state index in [9.17, 15) is 23.5 Å². The highest BCUT2D eigenvalue weighted by Gasteiger charge is 2.35. The number of nitrogens with zero attached hydrogens (tertiary/aromatic N) is 1. The van der Waals surface area contributed by atoms with Crippen LogP contribution >= 0.6 is 0 Å². The molecule has 3 aromatic rings. The number of carbonyl (C=O) groups excluding carboxylic acids is 1. The normalized spacial score (nSPS) is 16.6. The van der Waals surface area contributed by atoms with Crippen LogP contribution in [0, 0.1) is 11.6 Å². The Morgan fingerprint density at radius 1 is 1.03 bits per heavy atom. The van der Waals surface area contributed by atoms with E-state index in [0.29, 0.717) is 29.7 Å². The van der Waals surface area contributed by atoms with E-state index in [-0.39, 0.29) is 24.7 Å². The monoisotopic (exact) mass is 465 g/mol. The lowest BCUT2D eigenvalue weighted by Crippen LogP contribution is -2.36. The van der Waals surface area contributed by atoms with E-state index in [1.165, 1.54) is 35.2 Å². The van der Waals surface area contributed by atoms with Crippen LogP contribution in [0.15, 0.2) is 66.7 Å². The molecule has 1 atom stereocenters. The number of amides is 1. The number of hydrogen-bond acceptors (Lipinski definition) is 3. The van der Waals surface area contributed by atoms with Gasteiger partial charge >= 0.3 is 5.97 Å². The molecule has 0 saturated heterocycles. The molecule has 3 aromatic carbocycles. The van der Waals surface area contributed by atoms with Gasteiger partial charge in [0.05, 0.1) is 6.42 Å². The highest BCUT2D eigenvalue weighted by molar-refractivity contribution is 5.83. The average molecular weight is 465 g/mol. The Balaban J connectivity index is 1.46. The minimum absolute atomic E-state index is 0.0196. The van der Waals surface area contributed by atoms with Crippen LogP contribution in [0.3, 0.4) is 0 Å². The van der Waals surface area contributed by atoms with Crippen molar-refractivity contribution in [2.45, 2.75) is 38.3 Å². The molecule has 0 saturated carbocycles. The largest absolute Gasteiger partial charge is 0.487 e. The summed E-state index contributed by atoms with van der Waals surface area (Å²) in [6.07, 6.45) is 0.992. The first-order valence-electron chi connectivity index (χ1n) is 11.0. The molecule has 1 aliphatic heterocycles. The van der Waals surface area contributed by atoms with Crippen LogP contribution in [0.1, 0.15) is 29.2 Å². The van der Waals surface area contributed by atoms with Gasteiger partial charge in [0.1, 0.15) is 29.5 Å². The first-order chi connectivity index (χ1) is 16.2. The minimum atomic E-state index is -1.12. The number of ether oxygens (including phenoxy) is 1. The minimum Gasteiger partial charge on any atom is -0.487 e. The summed E-state index contributed by atoms with van der Waals surface area (Å²) in [7, 11) is 0. The Hall–Kier alpha value is -3.74. The number of carbonyl (C=O) groups is 2. The Morgan fingerprint density at radius 3 is 2.44 bits per heavy atom. The van der Waals surface area contributed by atoms with Gasteiger partial charge in [-0.1, -0.05) is 42.5 Å². The van der Waals surface area contributed by atoms with Crippen molar-refractivity contribution in [3.05, 3.63) is 101 Å². The molecule has 4 rings (SSSR count). The molecule has 1 N–H and O–H groups in total. The molecule has 5 nitrogen and oxygen atoms in total. The number of rotatable bonds is 8. The van der Waals surface area contributed by atoms with Crippen LogP contribution in [0.2, 0.25) is 0 Å². The molecule has 7 heteroatoms. The molecule has 0 spiro atoms. The van der Waals surface area contributed by atoms with E-state index in [4.69, 9.17) is 4.74 Å². The number of carboxylic acid groups (broad SMARTS) is 1. The van der Waals surface area contributed by atoms with Gasteiger partial charge in [-0.2, -0.15) is 0 Å². The van der Waals surface area contributed by atoms with Gasteiger partial charge in [-0.3, -0.25) is 9.59 Å². The average Bonchev–Trinajstić information content (AvgIpc) is 3.11. The second kappa shape index (κ2) is 9.63. The summed E-state index contributed by atoms with van der Waals surface area (Å²) in [5, 5.41) is 9.25. The van der Waals surface area contributed by atoms with Crippen LogP contribution in [-0.4, -0.2) is 34.0 Å². The van der Waals surface area contributed by atoms with Crippen LogP contribution in [0.5, 0.6) is 5.75 Å². The van der Waals surface area contributed by atoms with Crippen LogP contribution in [0.4, 0.5) is 8.78 Å². The molecular formula is C27H25F2NO4. The van der Waals surface area contributed by atoms with E-state index in [2.05, 4.69) is 0 Å². The highest BCUT2D eigenvalue weighted by atomic mass is 19.1. The first kappa shape index (κ1) is 23.4. The van der Waals surface area contributed by atoms with Crippen LogP contribution in [-0.2, 0) is 35.4 Å². The second-order valence-electron chi connectivity index (χ2n) is 8.89. The van der Waals surface area contributed by atoms with Gasteiger partial charge in [0.25, 0.3) is 0 Å². The molecule has 0 radical (unpaired) electrons. The second-order valence-corrected chi connectivity index (χ2v) is 8.89. The number of benzene rings is 3. The van der Waals surface area contributed by atoms with Crippen molar-refractivity contribution >= 4 is 11.9 Å². The zero-order valence-corrected chi connectivity index (χ0v) is 18.8. The Labute approximate surface area is 196 Å². The summed E-state index contributed by atoms with van der Waals surface area (Å²) in [6.45, 7) is 1.55. The number of fused-ring (bicyclic) bond motifs is 1. The Kier molecular flexibility index (Phi) is 6.63. The molecule has 0 aliphatic carbocycles. The highest BCUT2D eigenvalue weighted by Crippen LogP contribution is 2.38. The maximum Gasteiger partial charge on any atom is 0.323 e.